The number of piperidine rings is 1. The van der Waals surface area contributed by atoms with Crippen molar-refractivity contribution >= 4 is 17.5 Å². The number of hydrogen-bond donors (Lipinski definition) is 3. The maximum atomic E-state index is 14.1. The number of amides is 2. The fourth-order valence-corrected chi connectivity index (χ4v) is 3.37. The second-order valence-corrected chi connectivity index (χ2v) is 6.77. The Morgan fingerprint density at radius 2 is 1.96 bits per heavy atom. The van der Waals surface area contributed by atoms with Gasteiger partial charge in [0.2, 0.25) is 5.91 Å². The normalized spacial score (nSPS) is 22.4. The van der Waals surface area contributed by atoms with Crippen LogP contribution in [0.15, 0.2) is 42.1 Å². The van der Waals surface area contributed by atoms with E-state index in [1.54, 1.807) is 31.3 Å². The first kappa shape index (κ1) is 18.0. The van der Waals surface area contributed by atoms with Gasteiger partial charge in [-0.2, -0.15) is 0 Å². The highest BCUT2D eigenvalue weighted by Gasteiger charge is 2.34. The Balaban J connectivity index is 1.83. The van der Waals surface area contributed by atoms with Crippen LogP contribution in [0.3, 0.4) is 0 Å². The van der Waals surface area contributed by atoms with Crippen molar-refractivity contribution in [3.8, 4) is 0 Å². The van der Waals surface area contributed by atoms with Gasteiger partial charge in [-0.25, -0.2) is 4.39 Å². The van der Waals surface area contributed by atoms with Gasteiger partial charge in [-0.05, 0) is 62.7 Å². The molecule has 4 N–H and O–H groups in total. The summed E-state index contributed by atoms with van der Waals surface area (Å²) in [4.78, 5) is 26.5. The van der Waals surface area contributed by atoms with Gasteiger partial charge >= 0.3 is 0 Å². The molecule has 0 saturated carbocycles. The summed E-state index contributed by atoms with van der Waals surface area (Å²) in [5, 5.41) is 5.68. The fraction of sp³-hybridized carbons (Fsp3) is 0.368. The number of carbonyl (C=O) groups is 2. The zero-order valence-corrected chi connectivity index (χ0v) is 14.7. The minimum atomic E-state index is -1.16. The number of nitrogens with one attached hydrogen (secondary N) is 2. The molecular weight excluding hydrogens is 335 g/mol. The Morgan fingerprint density at radius 1 is 1.23 bits per heavy atom. The summed E-state index contributed by atoms with van der Waals surface area (Å²) in [5.74, 6) is -1.59. The lowest BCUT2D eigenvalue weighted by Gasteiger charge is -2.34. The molecule has 2 heterocycles. The van der Waals surface area contributed by atoms with Crippen LogP contribution < -0.4 is 21.3 Å². The molecule has 2 aliphatic heterocycles. The minimum Gasteiger partial charge on any atom is -0.371 e. The van der Waals surface area contributed by atoms with Crippen molar-refractivity contribution in [2.75, 3.05) is 18.0 Å². The number of nitrogens with two attached hydrogens (primary N) is 1. The Morgan fingerprint density at radius 3 is 2.65 bits per heavy atom. The zero-order valence-electron chi connectivity index (χ0n) is 14.7. The standard InChI is InChI=1S/C19H23FN4O2/c1-19(16(17(21)25)6-5-7-22-19)23-18(26)13-10-14(20)12-15(11-13)24-8-3-2-4-9-24/h5-7,10-12,22H,2-4,8-9H2,1H3,(H2,21,25)(H,23,26). The van der Waals surface area contributed by atoms with Crippen molar-refractivity contribution in [2.45, 2.75) is 31.8 Å². The first-order valence-corrected chi connectivity index (χ1v) is 8.72. The fourth-order valence-electron chi connectivity index (χ4n) is 3.37. The highest BCUT2D eigenvalue weighted by Crippen LogP contribution is 2.24. The lowest BCUT2D eigenvalue weighted by Crippen LogP contribution is -2.59. The summed E-state index contributed by atoms with van der Waals surface area (Å²) in [6.07, 6.45) is 8.06. The van der Waals surface area contributed by atoms with Crippen molar-refractivity contribution in [1.82, 2.24) is 10.6 Å². The quantitative estimate of drug-likeness (QED) is 0.766. The third kappa shape index (κ3) is 3.71. The van der Waals surface area contributed by atoms with E-state index in [0.717, 1.165) is 25.9 Å². The molecule has 6 nitrogen and oxygen atoms in total. The molecule has 1 aromatic rings. The van der Waals surface area contributed by atoms with Crippen LogP contribution in [0, 0.1) is 5.82 Å². The monoisotopic (exact) mass is 358 g/mol. The van der Waals surface area contributed by atoms with Gasteiger partial charge in [0, 0.05) is 24.3 Å². The van der Waals surface area contributed by atoms with E-state index in [2.05, 4.69) is 15.5 Å². The maximum absolute atomic E-state index is 14.1. The highest BCUT2D eigenvalue weighted by atomic mass is 19.1. The third-order valence-electron chi connectivity index (χ3n) is 4.76. The topological polar surface area (TPSA) is 87.5 Å². The van der Waals surface area contributed by atoms with E-state index < -0.39 is 23.3 Å². The summed E-state index contributed by atoms with van der Waals surface area (Å²) in [5.41, 5.74) is 5.37. The molecule has 1 fully saturated rings. The minimum absolute atomic E-state index is 0.201. The number of rotatable bonds is 4. The first-order chi connectivity index (χ1) is 12.4. The molecular formula is C19H23FN4O2. The number of hydrogen-bond acceptors (Lipinski definition) is 4. The highest BCUT2D eigenvalue weighted by molar-refractivity contribution is 5.99. The van der Waals surface area contributed by atoms with Crippen LogP contribution in [-0.4, -0.2) is 30.6 Å². The Kier molecular flexibility index (Phi) is 4.97. The number of allylic oxidation sites excluding steroid dienone is 2. The van der Waals surface area contributed by atoms with Crippen molar-refractivity contribution in [3.05, 3.63) is 53.5 Å². The molecule has 1 unspecified atom stereocenters. The zero-order chi connectivity index (χ0) is 18.7. The maximum Gasteiger partial charge on any atom is 0.253 e. The number of carbonyl (C=O) groups excluding carboxylic acids is 2. The van der Waals surface area contributed by atoms with Crippen LogP contribution in [0.1, 0.15) is 36.5 Å². The molecule has 0 spiro atoms. The molecule has 138 valence electrons. The predicted molar refractivity (Wildman–Crippen MR) is 97.9 cm³/mol. The summed E-state index contributed by atoms with van der Waals surface area (Å²) in [6, 6.07) is 4.32. The van der Waals surface area contributed by atoms with Crippen LogP contribution in [0.4, 0.5) is 10.1 Å². The number of halogens is 1. The van der Waals surface area contributed by atoms with E-state index in [1.807, 2.05) is 0 Å². The summed E-state index contributed by atoms with van der Waals surface area (Å²) in [6.45, 7) is 3.34. The second-order valence-electron chi connectivity index (χ2n) is 6.77. The SMILES string of the molecule is CC1(NC(=O)c2cc(F)cc(N3CCCCC3)c2)NC=CC=C1C(N)=O. The van der Waals surface area contributed by atoms with Crippen LogP contribution in [-0.2, 0) is 4.79 Å². The van der Waals surface area contributed by atoms with Gasteiger partial charge < -0.3 is 21.3 Å². The van der Waals surface area contributed by atoms with Gasteiger partial charge in [0.25, 0.3) is 5.91 Å². The van der Waals surface area contributed by atoms with E-state index in [0.29, 0.717) is 5.69 Å². The second kappa shape index (κ2) is 7.19. The van der Waals surface area contributed by atoms with Crippen LogP contribution in [0.2, 0.25) is 0 Å². The van der Waals surface area contributed by atoms with Crippen LogP contribution in [0.25, 0.3) is 0 Å². The molecule has 3 rings (SSSR count). The summed E-state index contributed by atoms with van der Waals surface area (Å²) < 4.78 is 14.1. The Hall–Kier alpha value is -2.83. The van der Waals surface area contributed by atoms with Gasteiger partial charge in [-0.15, -0.1) is 0 Å². The molecule has 7 heteroatoms. The molecule has 0 bridgehead atoms. The van der Waals surface area contributed by atoms with Crippen molar-refractivity contribution in [1.29, 1.82) is 0 Å². The van der Waals surface area contributed by atoms with Gasteiger partial charge in [0.1, 0.15) is 11.5 Å². The summed E-state index contributed by atoms with van der Waals surface area (Å²) >= 11 is 0. The molecule has 26 heavy (non-hydrogen) atoms. The number of nitrogens with zero attached hydrogens (tertiary/aromatic N) is 1. The molecule has 2 aliphatic rings. The predicted octanol–water partition coefficient (Wildman–Crippen LogP) is 1.79. The largest absolute Gasteiger partial charge is 0.371 e. The lowest BCUT2D eigenvalue weighted by atomic mass is 9.97. The van der Waals surface area contributed by atoms with E-state index in [4.69, 9.17) is 5.73 Å². The molecule has 1 aromatic carbocycles. The Labute approximate surface area is 151 Å². The smallest absolute Gasteiger partial charge is 0.253 e. The van der Waals surface area contributed by atoms with Gasteiger partial charge in [0.15, 0.2) is 0 Å². The van der Waals surface area contributed by atoms with E-state index in [-0.39, 0.29) is 11.1 Å². The van der Waals surface area contributed by atoms with E-state index in [1.165, 1.54) is 18.6 Å². The molecule has 2 amide bonds. The van der Waals surface area contributed by atoms with Crippen molar-refractivity contribution < 1.29 is 14.0 Å². The third-order valence-corrected chi connectivity index (χ3v) is 4.76. The van der Waals surface area contributed by atoms with Gasteiger partial charge in [-0.3, -0.25) is 9.59 Å². The van der Waals surface area contributed by atoms with Crippen LogP contribution in [0.5, 0.6) is 0 Å². The first-order valence-electron chi connectivity index (χ1n) is 8.72. The average molecular weight is 358 g/mol. The molecule has 1 saturated heterocycles. The number of dihydropyridines is 1. The van der Waals surface area contributed by atoms with E-state index in [9.17, 15) is 14.0 Å². The lowest BCUT2D eigenvalue weighted by molar-refractivity contribution is -0.115. The van der Waals surface area contributed by atoms with Crippen molar-refractivity contribution in [2.24, 2.45) is 5.73 Å². The Bertz CT molecular complexity index is 784. The molecule has 0 radical (unpaired) electrons. The molecule has 1 atom stereocenters. The van der Waals surface area contributed by atoms with Crippen LogP contribution >= 0.6 is 0 Å². The number of anilines is 1. The molecule has 0 aliphatic carbocycles. The number of primary amides is 1. The average Bonchev–Trinajstić information content (AvgIpc) is 2.61. The van der Waals surface area contributed by atoms with Gasteiger partial charge in [0.05, 0.1) is 5.57 Å². The van der Waals surface area contributed by atoms with Gasteiger partial charge in [-0.1, -0.05) is 0 Å². The summed E-state index contributed by atoms with van der Waals surface area (Å²) in [7, 11) is 0. The van der Waals surface area contributed by atoms with Crippen molar-refractivity contribution in [3.63, 3.8) is 0 Å². The number of benzene rings is 1. The molecule has 0 aromatic heterocycles. The van der Waals surface area contributed by atoms with E-state index >= 15 is 0 Å².